The van der Waals surface area contributed by atoms with Crippen molar-refractivity contribution in [1.29, 1.82) is 0 Å². The van der Waals surface area contributed by atoms with E-state index in [9.17, 15) is 13.6 Å². The van der Waals surface area contributed by atoms with Gasteiger partial charge in [-0.3, -0.25) is 4.79 Å². The van der Waals surface area contributed by atoms with Crippen LogP contribution in [-0.4, -0.2) is 56.0 Å². The third-order valence-corrected chi connectivity index (χ3v) is 4.50. The molecule has 0 N–H and O–H groups in total. The molecular weight excluding hydrogens is 336 g/mol. The lowest BCUT2D eigenvalue weighted by atomic mass is 10.1. The van der Waals surface area contributed by atoms with Crippen molar-refractivity contribution in [3.05, 3.63) is 65.2 Å². The van der Waals surface area contributed by atoms with Gasteiger partial charge in [-0.05, 0) is 50.0 Å². The number of rotatable bonds is 4. The van der Waals surface area contributed by atoms with Crippen LogP contribution < -0.4 is 4.90 Å². The molecule has 1 saturated heterocycles. The number of nitrogens with zero attached hydrogens (tertiary/aromatic N) is 3. The van der Waals surface area contributed by atoms with Crippen LogP contribution in [0, 0.1) is 11.6 Å². The third-order valence-electron chi connectivity index (χ3n) is 4.50. The highest BCUT2D eigenvalue weighted by Crippen LogP contribution is 2.20. The molecule has 1 aliphatic rings. The summed E-state index contributed by atoms with van der Waals surface area (Å²) in [5.41, 5.74) is 2.15. The van der Waals surface area contributed by atoms with Crippen molar-refractivity contribution in [2.24, 2.45) is 0 Å². The number of piperazine rings is 1. The van der Waals surface area contributed by atoms with Gasteiger partial charge in [0, 0.05) is 38.4 Å². The maximum Gasteiger partial charge on any atom is 0.257 e. The minimum atomic E-state index is -0.685. The second-order valence-electron chi connectivity index (χ2n) is 6.81. The third kappa shape index (κ3) is 4.19. The quantitative estimate of drug-likeness (QED) is 0.840. The number of benzene rings is 2. The van der Waals surface area contributed by atoms with E-state index in [4.69, 9.17) is 0 Å². The Hall–Kier alpha value is -2.47. The van der Waals surface area contributed by atoms with E-state index in [0.717, 1.165) is 30.4 Å². The molecule has 1 aliphatic heterocycles. The van der Waals surface area contributed by atoms with Crippen LogP contribution in [0.5, 0.6) is 0 Å². The predicted octanol–water partition coefficient (Wildman–Crippen LogP) is 2.99. The van der Waals surface area contributed by atoms with Gasteiger partial charge in [-0.25, -0.2) is 8.78 Å². The highest BCUT2D eigenvalue weighted by Gasteiger charge is 2.24. The number of amides is 1. The van der Waals surface area contributed by atoms with Gasteiger partial charge in [-0.1, -0.05) is 12.1 Å². The summed E-state index contributed by atoms with van der Waals surface area (Å²) in [7, 11) is 4.06. The molecule has 0 bridgehead atoms. The molecule has 0 spiro atoms. The monoisotopic (exact) mass is 359 g/mol. The summed E-state index contributed by atoms with van der Waals surface area (Å²) in [5, 5.41) is 0. The van der Waals surface area contributed by atoms with Crippen molar-refractivity contribution in [3.8, 4) is 0 Å². The zero-order valence-electron chi connectivity index (χ0n) is 15.1. The highest BCUT2D eigenvalue weighted by molar-refractivity contribution is 5.94. The second-order valence-corrected chi connectivity index (χ2v) is 6.81. The summed E-state index contributed by atoms with van der Waals surface area (Å²) in [6.45, 7) is 3.15. The van der Waals surface area contributed by atoms with Gasteiger partial charge in [-0.2, -0.15) is 0 Å². The molecule has 0 radical (unpaired) electrons. The summed E-state index contributed by atoms with van der Waals surface area (Å²) in [6.07, 6.45) is 0. The number of carbonyl (C=O) groups excluding carboxylic acids is 1. The van der Waals surface area contributed by atoms with Gasteiger partial charge in [0.15, 0.2) is 0 Å². The molecule has 3 rings (SSSR count). The van der Waals surface area contributed by atoms with Crippen LogP contribution in [0.15, 0.2) is 42.5 Å². The summed E-state index contributed by atoms with van der Waals surface area (Å²) in [5.74, 6) is -1.75. The molecule has 0 atom stereocenters. The van der Waals surface area contributed by atoms with Crippen LogP contribution in [0.4, 0.5) is 14.5 Å². The summed E-state index contributed by atoms with van der Waals surface area (Å²) >= 11 is 0. The SMILES string of the molecule is CN(C)Cc1cccc(N2CCN(C(=O)c3cc(F)ccc3F)CC2)c1. The first kappa shape index (κ1) is 18.3. The maximum absolute atomic E-state index is 13.8. The number of hydrogen-bond acceptors (Lipinski definition) is 3. The van der Waals surface area contributed by atoms with Crippen LogP contribution in [0.3, 0.4) is 0 Å². The molecule has 26 heavy (non-hydrogen) atoms. The molecule has 2 aromatic rings. The molecule has 138 valence electrons. The zero-order chi connectivity index (χ0) is 18.7. The lowest BCUT2D eigenvalue weighted by molar-refractivity contribution is 0.0741. The Bertz CT molecular complexity index is 786. The Morgan fingerprint density at radius 3 is 2.46 bits per heavy atom. The Morgan fingerprint density at radius 2 is 1.77 bits per heavy atom. The van der Waals surface area contributed by atoms with Gasteiger partial charge in [0.05, 0.1) is 5.56 Å². The van der Waals surface area contributed by atoms with Crippen LogP contribution in [0.25, 0.3) is 0 Å². The van der Waals surface area contributed by atoms with Crippen LogP contribution in [0.1, 0.15) is 15.9 Å². The zero-order valence-corrected chi connectivity index (χ0v) is 15.1. The Balaban J connectivity index is 1.66. The van der Waals surface area contributed by atoms with Gasteiger partial charge in [0.25, 0.3) is 5.91 Å². The smallest absolute Gasteiger partial charge is 0.257 e. The van der Waals surface area contributed by atoms with Crippen molar-refractivity contribution in [1.82, 2.24) is 9.80 Å². The maximum atomic E-state index is 13.8. The number of carbonyl (C=O) groups is 1. The van der Waals surface area contributed by atoms with E-state index in [-0.39, 0.29) is 5.56 Å². The van der Waals surface area contributed by atoms with Crippen molar-refractivity contribution in [3.63, 3.8) is 0 Å². The fourth-order valence-electron chi connectivity index (χ4n) is 3.22. The van der Waals surface area contributed by atoms with Gasteiger partial charge < -0.3 is 14.7 Å². The van der Waals surface area contributed by atoms with Gasteiger partial charge in [-0.15, -0.1) is 0 Å². The first-order valence-corrected chi connectivity index (χ1v) is 8.67. The lowest BCUT2D eigenvalue weighted by Gasteiger charge is -2.36. The molecule has 1 heterocycles. The average Bonchev–Trinajstić information content (AvgIpc) is 2.63. The molecular formula is C20H23F2N3O. The first-order valence-electron chi connectivity index (χ1n) is 8.67. The standard InChI is InChI=1S/C20H23F2N3O/c1-23(2)14-15-4-3-5-17(12-15)24-8-10-25(11-9-24)20(26)18-13-16(21)6-7-19(18)22/h3-7,12-13H,8-11,14H2,1-2H3. The van der Waals surface area contributed by atoms with Gasteiger partial charge in [0.2, 0.25) is 0 Å². The predicted molar refractivity (Wildman–Crippen MR) is 98.3 cm³/mol. The summed E-state index contributed by atoms with van der Waals surface area (Å²) in [6, 6.07) is 11.3. The molecule has 6 heteroatoms. The van der Waals surface area contributed by atoms with E-state index in [1.54, 1.807) is 4.90 Å². The highest BCUT2D eigenvalue weighted by atomic mass is 19.1. The van der Waals surface area contributed by atoms with E-state index in [1.165, 1.54) is 5.56 Å². The van der Waals surface area contributed by atoms with Crippen LogP contribution >= 0.6 is 0 Å². The molecule has 0 aliphatic carbocycles. The average molecular weight is 359 g/mol. The van der Waals surface area contributed by atoms with E-state index in [0.29, 0.717) is 26.2 Å². The fourth-order valence-corrected chi connectivity index (χ4v) is 3.22. The normalized spacial score (nSPS) is 14.8. The summed E-state index contributed by atoms with van der Waals surface area (Å²) in [4.78, 5) is 18.4. The largest absolute Gasteiger partial charge is 0.368 e. The van der Waals surface area contributed by atoms with Gasteiger partial charge >= 0.3 is 0 Å². The van der Waals surface area contributed by atoms with Crippen molar-refractivity contribution in [2.45, 2.75) is 6.54 Å². The molecule has 0 unspecified atom stereocenters. The van der Waals surface area contributed by atoms with Crippen LogP contribution in [0.2, 0.25) is 0 Å². The van der Waals surface area contributed by atoms with Crippen molar-refractivity contribution >= 4 is 11.6 Å². The van der Waals surface area contributed by atoms with E-state index >= 15 is 0 Å². The molecule has 0 aromatic heterocycles. The minimum Gasteiger partial charge on any atom is -0.368 e. The Labute approximate surface area is 152 Å². The fraction of sp³-hybridized carbons (Fsp3) is 0.350. The molecule has 4 nitrogen and oxygen atoms in total. The molecule has 1 amide bonds. The van der Waals surface area contributed by atoms with E-state index < -0.39 is 17.5 Å². The summed E-state index contributed by atoms with van der Waals surface area (Å²) < 4.78 is 27.2. The lowest BCUT2D eigenvalue weighted by Crippen LogP contribution is -2.49. The first-order chi connectivity index (χ1) is 12.4. The van der Waals surface area contributed by atoms with E-state index in [2.05, 4.69) is 28.0 Å². The number of anilines is 1. The second kappa shape index (κ2) is 7.83. The molecule has 2 aromatic carbocycles. The van der Waals surface area contributed by atoms with Crippen molar-refractivity contribution < 1.29 is 13.6 Å². The van der Waals surface area contributed by atoms with E-state index in [1.807, 2.05) is 20.2 Å². The molecule has 0 saturated carbocycles. The van der Waals surface area contributed by atoms with Crippen molar-refractivity contribution in [2.75, 3.05) is 45.2 Å². The van der Waals surface area contributed by atoms with Crippen LogP contribution in [-0.2, 0) is 6.54 Å². The van der Waals surface area contributed by atoms with Gasteiger partial charge in [0.1, 0.15) is 11.6 Å². The number of hydrogen-bond donors (Lipinski definition) is 0. The Kier molecular flexibility index (Phi) is 5.52. The minimum absolute atomic E-state index is 0.202. The Morgan fingerprint density at radius 1 is 1.04 bits per heavy atom. The topological polar surface area (TPSA) is 26.8 Å². The molecule has 1 fully saturated rings. The number of halogens is 2.